The third-order valence-electron chi connectivity index (χ3n) is 10.9. The van der Waals surface area contributed by atoms with Crippen LogP contribution in [0.4, 0.5) is 11.4 Å². The number of Topliss-reactive ketones (excluding diaryl/α,β-unsaturated/α-hetero) is 2. The Morgan fingerprint density at radius 1 is 0.695 bits per heavy atom. The van der Waals surface area contributed by atoms with Gasteiger partial charge in [0.2, 0.25) is 17.3 Å². The highest BCUT2D eigenvalue weighted by molar-refractivity contribution is 8.24. The molecule has 47 nitrogen and oxygen atoms in total. The lowest BCUT2D eigenvalue weighted by Crippen LogP contribution is -2.28. The van der Waals surface area contributed by atoms with Gasteiger partial charge in [0.05, 0.1) is 83.1 Å². The number of aromatic nitrogens is 11. The maximum atomic E-state index is 11.5. The number of methoxy groups -OCH3 is 6. The molecule has 5 heterocycles. The third kappa shape index (κ3) is 51.0. The number of nitrogens with zero attached hydrogens (tertiary/aromatic N) is 15. The number of benzene rings is 2. The van der Waals surface area contributed by atoms with E-state index in [0.717, 1.165) is 44.1 Å². The first-order chi connectivity index (χ1) is 53.2. The van der Waals surface area contributed by atoms with Crippen LogP contribution < -0.4 is 32.4 Å². The number of hydrogen-bond acceptors (Lipinski definition) is 36. The Morgan fingerprint density at radius 3 is 1.49 bits per heavy atom. The number of rotatable bonds is 19. The number of carboxylic acid groups (broad SMARTS) is 1. The van der Waals surface area contributed by atoms with Crippen molar-refractivity contribution in [2.24, 2.45) is 11.6 Å². The number of ether oxygens (including phenoxy) is 6. The minimum atomic E-state index is -3.96. The number of aromatic carboxylic acids is 1. The first kappa shape index (κ1) is 120. The maximum absolute atomic E-state index is 11.5. The van der Waals surface area contributed by atoms with E-state index in [2.05, 4.69) is 133 Å². The van der Waals surface area contributed by atoms with Gasteiger partial charge in [-0.05, 0) is 99.4 Å². The molecular formula is C60H76Cl9N20O27PS. The molecule has 0 unspecified atom stereocenters. The molecule has 0 saturated carbocycles. The summed E-state index contributed by atoms with van der Waals surface area (Å²) in [6.07, 6.45) is 0.195. The highest BCUT2D eigenvalue weighted by atomic mass is 36.0. The summed E-state index contributed by atoms with van der Waals surface area (Å²) in [5, 5.41) is 54.4. The number of aromatic hydroxyl groups is 2. The highest BCUT2D eigenvalue weighted by Gasteiger charge is 2.32. The second kappa shape index (κ2) is 64.0. The Balaban J connectivity index is -0.000000234. The van der Waals surface area contributed by atoms with Crippen LogP contribution in [0.1, 0.15) is 90.4 Å². The number of hydroxylamine groups is 3. The Labute approximate surface area is 714 Å². The summed E-state index contributed by atoms with van der Waals surface area (Å²) in [6, 6.07) is 15.0. The lowest BCUT2D eigenvalue weighted by Gasteiger charge is -2.12. The number of ketones is 2. The van der Waals surface area contributed by atoms with Gasteiger partial charge in [0.15, 0.2) is 50.6 Å². The van der Waals surface area contributed by atoms with Gasteiger partial charge in [-0.3, -0.25) is 62.0 Å². The molecule has 7 aromatic rings. The normalized spacial score (nSPS) is 9.29. The first-order valence-corrected chi connectivity index (χ1v) is 36.6. The summed E-state index contributed by atoms with van der Waals surface area (Å²) in [5.41, 5.74) is 23.4. The summed E-state index contributed by atoms with van der Waals surface area (Å²) in [7, 11) is 11.1. The van der Waals surface area contributed by atoms with E-state index in [-0.39, 0.29) is 95.8 Å². The maximum Gasteiger partial charge on any atom is 0.442 e. The number of nitrogens with two attached hydrogens (primary N) is 1. The van der Waals surface area contributed by atoms with Gasteiger partial charge in [-0.25, -0.2) is 48.5 Å². The molecule has 0 radical (unpaired) electrons. The van der Waals surface area contributed by atoms with E-state index in [9.17, 15) is 75.3 Å². The molecule has 0 aliphatic heterocycles. The molecule has 7 rings (SSSR count). The number of carboxylic acids is 1. The fraction of sp³-hybridized carbons (Fsp3) is 0.300. The Hall–Kier alpha value is -11.2. The number of halogens is 9. The molecule has 118 heavy (non-hydrogen) atoms. The average molecular weight is 1890 g/mol. The van der Waals surface area contributed by atoms with Crippen LogP contribution in [0.15, 0.2) is 92.1 Å². The van der Waals surface area contributed by atoms with Crippen molar-refractivity contribution in [1.29, 1.82) is 0 Å². The van der Waals surface area contributed by atoms with Crippen molar-refractivity contribution in [2.75, 3.05) is 82.0 Å². The first-order valence-electron chi connectivity index (χ1n) is 28.9. The quantitative estimate of drug-likeness (QED) is 0.00322. The van der Waals surface area contributed by atoms with Crippen molar-refractivity contribution in [3.05, 3.63) is 153 Å². The van der Waals surface area contributed by atoms with E-state index in [1.165, 1.54) is 71.7 Å². The molecule has 0 aliphatic carbocycles. The van der Waals surface area contributed by atoms with E-state index in [4.69, 9.17) is 94.9 Å². The number of esters is 5. The van der Waals surface area contributed by atoms with Crippen molar-refractivity contribution in [3.8, 4) is 28.6 Å². The minimum absolute atomic E-state index is 0. The molecule has 9 N–H and O–H groups in total. The van der Waals surface area contributed by atoms with Crippen molar-refractivity contribution >= 4 is 201 Å². The summed E-state index contributed by atoms with van der Waals surface area (Å²) >= 11 is 41.1. The van der Waals surface area contributed by atoms with Gasteiger partial charge >= 0.3 is 46.7 Å². The van der Waals surface area contributed by atoms with Crippen LogP contribution >= 0.6 is 109 Å². The number of azide groups is 1. The van der Waals surface area contributed by atoms with E-state index in [0.29, 0.717) is 22.9 Å². The number of nitrogens with one attached hydrogen (secondary N) is 4. The minimum Gasteiger partial charge on any atom is -0.505 e. The number of aryl methyl sites for hydroxylation is 1. The topological polar surface area (TPSA) is 686 Å². The Morgan fingerprint density at radius 2 is 1.14 bits per heavy atom. The second-order valence-corrected chi connectivity index (χ2v) is 28.9. The third-order valence-corrected chi connectivity index (χ3v) is 13.1. The smallest absolute Gasteiger partial charge is 0.442 e. The zero-order valence-electron chi connectivity index (χ0n) is 60.8. The van der Waals surface area contributed by atoms with E-state index >= 15 is 0 Å². The molecule has 0 bridgehead atoms. The highest BCUT2D eigenvalue weighted by Crippen LogP contribution is 2.61. The van der Waals surface area contributed by atoms with Crippen LogP contribution in [0.25, 0.3) is 27.4 Å². The molecule has 2 amide bonds. The molecule has 0 fully saturated rings. The predicted molar refractivity (Wildman–Crippen MR) is 428 cm³/mol. The molecule has 58 heteroatoms. The van der Waals surface area contributed by atoms with Gasteiger partial charge in [-0.15, -0.1) is 32.8 Å². The molecule has 0 saturated heterocycles. The van der Waals surface area contributed by atoms with E-state index in [1.807, 2.05) is 29.4 Å². The standard InChI is InChI=1S/C10H12N4O.C8H8N4O3S.C7H7Cl2N3O2.C7H8N2O5.C7H10O5.C6H6N2O4.C5HCl3N2O.C5H4N2O4.C2H7NO.3CH4.Cl3OP.ClH/c1-14-6-12-10(13-14)7-4-3-5-8(11)9(7)15-2;1-6(13)10-7-2-4-8(5-3-7)16(14,15)12-11-9;1-12(14-2)7(13)6-4(8)3-5(9)10-11-6;1-13-5(11)3-4(10)6(9-8)7(12)14-2;1-11-6(9)3-5(8)4-7(10)12-2;1-12-6(11)5-3(9)2-4(10)7-8-5;6-2-1-3(7)9-10-4(2)5(8)11;8-2-1-3(9)6-7-4(2)5(10)11;1-3-4-2;;;;1-5(2,3)4;/h3-6H,11H2,1-2H3;2-5H,1H3,(H,10,13);3H,1-2H3;3H2,1-2H3;3-4H2,1-2H3;2H,1H3,(H2,7,9,10);1H;1H,(H,10,11)(H2,6,8,9);3H,1-2H3;3*1H4;;1H. The molecule has 0 spiro atoms. The van der Waals surface area contributed by atoms with Crippen LogP contribution in [0.3, 0.4) is 0 Å². The second-order valence-electron chi connectivity index (χ2n) is 18.7. The van der Waals surface area contributed by atoms with Crippen molar-refractivity contribution in [2.45, 2.75) is 53.4 Å². The molecule has 0 aliphatic rings. The summed E-state index contributed by atoms with van der Waals surface area (Å²) in [5.74, 6) is -7.55. The monoisotopic (exact) mass is 1890 g/mol. The zero-order valence-corrected chi connectivity index (χ0v) is 69.3. The largest absolute Gasteiger partial charge is 0.505 e. The van der Waals surface area contributed by atoms with Crippen LogP contribution in [0.2, 0.25) is 20.4 Å². The van der Waals surface area contributed by atoms with Crippen LogP contribution in [0, 0.1) is 0 Å². The number of anilines is 2. The number of H-pyrrole nitrogens is 2. The number of carbonyl (C=O) groups is 11. The number of nitrogen functional groups attached to an aromatic ring is 1. The SMILES string of the molecule is C.C.C.CC(=O)Nc1ccc(S(=O)(=O)N=[N+]=[N-])cc1.CNOC.COC(=O)CC(=O)C(=[N+]=[N-])C(=O)OC.COC(=O)CC(=O)CC(=O)OC.COC(=O)c1n[nH]c(=O)cc1O.CON(C)C(=O)c1nnc(Cl)cc1Cl.COc1c(N)cccc1-c1ncn(C)n1.Cl.O=C(Cl)c1nnc(Cl)cc1Cl.O=C(O)c1n[nH]c(=O)cc1O.O=P(Cl)(Cl)Cl. The summed E-state index contributed by atoms with van der Waals surface area (Å²) in [6.45, 7) is 1.34. The molecule has 0 atom stereocenters. The molecule has 5 aromatic heterocycles. The predicted octanol–water partition coefficient (Wildman–Crippen LogP) is 8.28. The Kier molecular flexibility index (Phi) is 65.1. The van der Waals surface area contributed by atoms with Crippen molar-refractivity contribution < 1.29 is 124 Å². The van der Waals surface area contributed by atoms with Gasteiger partial charge in [0.1, 0.15) is 25.6 Å². The van der Waals surface area contributed by atoms with Crippen LogP contribution in [0.5, 0.6) is 17.2 Å². The zero-order chi connectivity index (χ0) is 88.3. The molecular weight excluding hydrogens is 1810 g/mol. The van der Waals surface area contributed by atoms with Gasteiger partial charge in [0.25, 0.3) is 38.1 Å². The van der Waals surface area contributed by atoms with Gasteiger partial charge in [0, 0.05) is 55.3 Å². The lowest BCUT2D eigenvalue weighted by atomic mass is 10.1. The number of amides is 2. The fourth-order valence-electron chi connectivity index (χ4n) is 5.95. The van der Waals surface area contributed by atoms with Crippen molar-refractivity contribution in [3.63, 3.8) is 0 Å². The van der Waals surface area contributed by atoms with Crippen LogP contribution in [-0.2, 0) is 88.6 Å². The van der Waals surface area contributed by atoms with Crippen molar-refractivity contribution in [1.82, 2.24) is 66.1 Å². The molecule has 2 aromatic carbocycles. The Bertz CT molecular complexity index is 4840. The van der Waals surface area contributed by atoms with E-state index in [1.54, 1.807) is 38.3 Å². The van der Waals surface area contributed by atoms with Gasteiger partial charge in [-0.1, -0.05) is 74.8 Å². The summed E-state index contributed by atoms with van der Waals surface area (Å²) in [4.78, 5) is 156. The number of sulfonamides is 1. The van der Waals surface area contributed by atoms with Crippen LogP contribution in [-0.4, -0.2) is 230 Å². The number of aromatic amines is 2. The van der Waals surface area contributed by atoms with Gasteiger partial charge < -0.3 is 65.2 Å². The van der Waals surface area contributed by atoms with E-state index < -0.39 is 114 Å². The number of hydrogen-bond donors (Lipinski definition) is 8. The average Bonchev–Trinajstić information content (AvgIpc) is 1.64. The number of carbonyl (C=O) groups excluding carboxylic acids is 10. The number of para-hydroxylation sites is 1. The lowest BCUT2D eigenvalue weighted by molar-refractivity contribution is -0.147. The molecule has 652 valence electrons. The summed E-state index contributed by atoms with van der Waals surface area (Å²) < 4.78 is 62.6. The van der Waals surface area contributed by atoms with Gasteiger partial charge in [-0.2, -0.15) is 20.1 Å². The fourth-order valence-corrected chi connectivity index (χ4v) is 7.66.